The lowest BCUT2D eigenvalue weighted by Crippen LogP contribution is -2.36. The van der Waals surface area contributed by atoms with Crippen LogP contribution in [0.4, 0.5) is 27.9 Å². The second kappa shape index (κ2) is 18.7. The second-order valence-electron chi connectivity index (χ2n) is 12.7. The molecule has 0 radical (unpaired) electrons. The zero-order chi connectivity index (χ0) is 37.8. The molecular weight excluding hydrogens is 658 g/mol. The van der Waals surface area contributed by atoms with Crippen molar-refractivity contribution in [1.82, 2.24) is 25.1 Å². The first-order valence-electron chi connectivity index (χ1n) is 17.7. The van der Waals surface area contributed by atoms with Gasteiger partial charge in [0.05, 0.1) is 19.2 Å². The molecule has 276 valence electrons. The lowest BCUT2D eigenvalue weighted by Gasteiger charge is -2.24. The molecule has 2 N–H and O–H groups in total. The molecule has 0 saturated heterocycles. The SMILES string of the molecule is CCC(C)NC(=O)Cc1ccc(N(C(=O)Oc2c(C)cccc2C)c2ccnc(Nc3ccc(C(=O)N(C)CCN(CC)CC)cc3)n2)c(OC)c1. The summed E-state index contributed by atoms with van der Waals surface area (Å²) in [5.41, 5.74) is 3.89. The number of rotatable bonds is 16. The quantitative estimate of drug-likeness (QED) is 0.126. The van der Waals surface area contributed by atoms with Crippen LogP contribution in [0.3, 0.4) is 0 Å². The number of hydrogen-bond acceptors (Lipinski definition) is 9. The predicted octanol–water partition coefficient (Wildman–Crippen LogP) is 7.05. The van der Waals surface area contributed by atoms with Crippen LogP contribution in [0.1, 0.15) is 61.2 Å². The number of amides is 3. The number of ether oxygens (including phenoxy) is 2. The van der Waals surface area contributed by atoms with E-state index in [-0.39, 0.29) is 36.0 Å². The third-order valence-electron chi connectivity index (χ3n) is 8.90. The average molecular weight is 710 g/mol. The third kappa shape index (κ3) is 10.3. The molecule has 0 aliphatic rings. The van der Waals surface area contributed by atoms with Crippen molar-refractivity contribution in [3.05, 3.63) is 95.2 Å². The Morgan fingerprint density at radius 1 is 0.904 bits per heavy atom. The lowest BCUT2D eigenvalue weighted by molar-refractivity contribution is -0.121. The van der Waals surface area contributed by atoms with Gasteiger partial charge in [-0.05, 0) is 93.4 Å². The maximum atomic E-state index is 14.1. The number of hydrogen-bond donors (Lipinski definition) is 2. The standard InChI is InChI=1S/C40H51N7O5/c1-9-29(6)42-36(48)26-30-15-20-33(34(25-30)51-8)47(40(50)52-37-27(4)13-12-14-28(37)5)35-21-22-41-39(44-35)43-32-18-16-31(17-19-32)38(49)45(7)23-24-46(10-2)11-3/h12-22,25,29H,9-11,23-24,26H2,1-8H3,(H,42,48)(H,41,43,44). The molecule has 1 aromatic heterocycles. The number of carbonyl (C=O) groups excluding carboxylic acids is 3. The van der Waals surface area contributed by atoms with Gasteiger partial charge in [-0.1, -0.05) is 45.0 Å². The first-order valence-corrected chi connectivity index (χ1v) is 17.7. The van der Waals surface area contributed by atoms with E-state index in [1.54, 1.807) is 53.4 Å². The van der Waals surface area contributed by atoms with E-state index in [0.717, 1.165) is 37.2 Å². The van der Waals surface area contributed by atoms with Crippen molar-refractivity contribution in [2.45, 2.75) is 60.4 Å². The van der Waals surface area contributed by atoms with Crippen molar-refractivity contribution < 1.29 is 23.9 Å². The Labute approximate surface area is 307 Å². The highest BCUT2D eigenvalue weighted by molar-refractivity contribution is 5.98. The van der Waals surface area contributed by atoms with Crippen LogP contribution >= 0.6 is 0 Å². The Kier molecular flexibility index (Phi) is 14.1. The van der Waals surface area contributed by atoms with Gasteiger partial charge in [0.1, 0.15) is 17.3 Å². The van der Waals surface area contributed by atoms with Gasteiger partial charge in [-0.3, -0.25) is 9.59 Å². The van der Waals surface area contributed by atoms with Crippen molar-refractivity contribution in [1.29, 1.82) is 0 Å². The highest BCUT2D eigenvalue weighted by Gasteiger charge is 2.27. The number of likely N-dealkylation sites (N-methyl/N-ethyl adjacent to an activating group) is 2. The van der Waals surface area contributed by atoms with Crippen LogP contribution in [0.15, 0.2) is 72.9 Å². The van der Waals surface area contributed by atoms with Crippen molar-refractivity contribution in [3.63, 3.8) is 0 Å². The van der Waals surface area contributed by atoms with E-state index in [4.69, 9.17) is 9.47 Å². The maximum absolute atomic E-state index is 14.1. The largest absolute Gasteiger partial charge is 0.495 e. The minimum Gasteiger partial charge on any atom is -0.495 e. The van der Waals surface area contributed by atoms with Crippen LogP contribution in [0.25, 0.3) is 0 Å². The van der Waals surface area contributed by atoms with Crippen LogP contribution in [-0.4, -0.2) is 84.1 Å². The average Bonchev–Trinajstić information content (AvgIpc) is 3.14. The van der Waals surface area contributed by atoms with Gasteiger partial charge in [-0.25, -0.2) is 14.7 Å². The smallest absolute Gasteiger partial charge is 0.425 e. The topological polar surface area (TPSA) is 129 Å². The summed E-state index contributed by atoms with van der Waals surface area (Å²) >= 11 is 0. The van der Waals surface area contributed by atoms with Gasteiger partial charge in [-0.2, -0.15) is 4.98 Å². The number of aryl methyl sites for hydroxylation is 2. The second-order valence-corrected chi connectivity index (χ2v) is 12.7. The molecule has 4 aromatic rings. The van der Waals surface area contributed by atoms with Crippen molar-refractivity contribution in [3.8, 4) is 11.5 Å². The zero-order valence-corrected chi connectivity index (χ0v) is 31.5. The normalized spacial score (nSPS) is 11.5. The molecule has 1 atom stereocenters. The molecule has 1 unspecified atom stereocenters. The van der Waals surface area contributed by atoms with Crippen LogP contribution < -0.4 is 25.0 Å². The zero-order valence-electron chi connectivity index (χ0n) is 31.5. The molecule has 0 bridgehead atoms. The fourth-order valence-corrected chi connectivity index (χ4v) is 5.55. The molecule has 0 aliphatic carbocycles. The molecule has 12 nitrogen and oxygen atoms in total. The summed E-state index contributed by atoms with van der Waals surface area (Å²) in [6, 6.07) is 19.6. The molecule has 12 heteroatoms. The Morgan fingerprint density at radius 3 is 2.23 bits per heavy atom. The summed E-state index contributed by atoms with van der Waals surface area (Å²) in [6.45, 7) is 15.2. The predicted molar refractivity (Wildman–Crippen MR) is 205 cm³/mol. The summed E-state index contributed by atoms with van der Waals surface area (Å²) in [5, 5.41) is 6.16. The van der Waals surface area contributed by atoms with E-state index in [9.17, 15) is 14.4 Å². The molecule has 0 aliphatic heterocycles. The number of aromatic nitrogens is 2. The number of para-hydroxylation sites is 1. The number of methoxy groups -OCH3 is 1. The number of nitrogens with one attached hydrogen (secondary N) is 2. The number of nitrogens with zero attached hydrogens (tertiary/aromatic N) is 5. The molecule has 0 spiro atoms. The number of carbonyl (C=O) groups is 3. The lowest BCUT2D eigenvalue weighted by atomic mass is 10.1. The molecular formula is C40H51N7O5. The van der Waals surface area contributed by atoms with E-state index >= 15 is 0 Å². The molecule has 52 heavy (non-hydrogen) atoms. The summed E-state index contributed by atoms with van der Waals surface area (Å²) < 4.78 is 11.8. The van der Waals surface area contributed by atoms with Gasteiger partial charge < -0.3 is 29.9 Å². The fourth-order valence-electron chi connectivity index (χ4n) is 5.55. The minimum atomic E-state index is -0.712. The Morgan fingerprint density at radius 2 is 1.60 bits per heavy atom. The fraction of sp³-hybridized carbons (Fsp3) is 0.375. The summed E-state index contributed by atoms with van der Waals surface area (Å²) in [7, 11) is 3.31. The molecule has 0 fully saturated rings. The van der Waals surface area contributed by atoms with Gasteiger partial charge in [0, 0.05) is 49.7 Å². The first kappa shape index (κ1) is 39.3. The van der Waals surface area contributed by atoms with E-state index in [1.807, 2.05) is 52.9 Å². The van der Waals surface area contributed by atoms with Gasteiger partial charge in [-0.15, -0.1) is 0 Å². The summed E-state index contributed by atoms with van der Waals surface area (Å²) in [6.07, 6.45) is 1.79. The number of benzene rings is 3. The molecule has 3 amide bonds. The highest BCUT2D eigenvalue weighted by atomic mass is 16.6. The Balaban J connectivity index is 1.62. The molecule has 1 heterocycles. The van der Waals surface area contributed by atoms with Crippen LogP contribution in [0.2, 0.25) is 0 Å². The van der Waals surface area contributed by atoms with Crippen LogP contribution in [0, 0.1) is 13.8 Å². The van der Waals surface area contributed by atoms with Gasteiger partial charge in [0.25, 0.3) is 5.91 Å². The van der Waals surface area contributed by atoms with E-state index in [1.165, 1.54) is 18.2 Å². The van der Waals surface area contributed by atoms with Gasteiger partial charge in [0.15, 0.2) is 0 Å². The summed E-state index contributed by atoms with van der Waals surface area (Å²) in [5.74, 6) is 1.05. The molecule has 3 aromatic carbocycles. The summed E-state index contributed by atoms with van der Waals surface area (Å²) in [4.78, 5) is 54.2. The monoisotopic (exact) mass is 709 g/mol. The third-order valence-corrected chi connectivity index (χ3v) is 8.90. The van der Waals surface area contributed by atoms with Gasteiger partial charge in [0.2, 0.25) is 11.9 Å². The highest BCUT2D eigenvalue weighted by Crippen LogP contribution is 2.36. The maximum Gasteiger partial charge on any atom is 0.425 e. The van der Waals surface area contributed by atoms with E-state index in [2.05, 4.69) is 39.3 Å². The molecule has 4 rings (SSSR count). The molecule has 0 saturated carbocycles. The first-order chi connectivity index (χ1) is 25.0. The van der Waals surface area contributed by atoms with Crippen molar-refractivity contribution in [2.75, 3.05) is 50.6 Å². The van der Waals surface area contributed by atoms with E-state index in [0.29, 0.717) is 40.5 Å². The Hall–Kier alpha value is -5.49. The number of anilines is 4. The van der Waals surface area contributed by atoms with Crippen LogP contribution in [-0.2, 0) is 11.2 Å². The Bertz CT molecular complexity index is 1810. The van der Waals surface area contributed by atoms with Crippen molar-refractivity contribution >= 4 is 41.0 Å². The van der Waals surface area contributed by atoms with Crippen molar-refractivity contribution in [2.24, 2.45) is 0 Å². The van der Waals surface area contributed by atoms with Gasteiger partial charge >= 0.3 is 6.09 Å². The minimum absolute atomic E-state index is 0.0548. The van der Waals surface area contributed by atoms with E-state index < -0.39 is 6.09 Å². The van der Waals surface area contributed by atoms with Crippen LogP contribution in [0.5, 0.6) is 11.5 Å².